The van der Waals surface area contributed by atoms with Crippen molar-refractivity contribution in [3.63, 3.8) is 0 Å². The summed E-state index contributed by atoms with van der Waals surface area (Å²) < 4.78 is 53.8. The van der Waals surface area contributed by atoms with Gasteiger partial charge in [0.1, 0.15) is 15.8 Å². The number of aliphatic hydroxyl groups excluding tert-OH is 1. The van der Waals surface area contributed by atoms with Crippen molar-refractivity contribution >= 4 is 44.7 Å². The number of benzene rings is 2. The van der Waals surface area contributed by atoms with Crippen LogP contribution < -0.4 is 15.4 Å². The fourth-order valence-electron chi connectivity index (χ4n) is 5.20. The van der Waals surface area contributed by atoms with E-state index in [1.54, 1.807) is 36.6 Å². The normalized spacial score (nSPS) is 20.5. The van der Waals surface area contributed by atoms with Crippen molar-refractivity contribution in [1.82, 2.24) is 9.21 Å². The van der Waals surface area contributed by atoms with Crippen LogP contribution in [-0.2, 0) is 14.8 Å². The van der Waals surface area contributed by atoms with E-state index in [2.05, 4.69) is 10.6 Å². The van der Waals surface area contributed by atoms with Crippen LogP contribution in [0.15, 0.2) is 64.2 Å². The number of anilines is 2. The molecule has 1 aliphatic heterocycles. The lowest BCUT2D eigenvalue weighted by molar-refractivity contribution is -0.00832. The number of aliphatic hydroxyl groups is 1. The number of carbonyl (C=O) groups excluding carboxylic acids is 2. The molecule has 1 aromatic heterocycles. The summed E-state index contributed by atoms with van der Waals surface area (Å²) in [5.41, 5.74) is 0.897. The Labute approximate surface area is 279 Å². The second kappa shape index (κ2) is 16.5. The number of urea groups is 1. The summed E-state index contributed by atoms with van der Waals surface area (Å²) in [6, 6.07) is 12.2. The van der Waals surface area contributed by atoms with E-state index in [-0.39, 0.29) is 41.5 Å². The van der Waals surface area contributed by atoms with Gasteiger partial charge in [0.2, 0.25) is 0 Å². The zero-order valence-electron chi connectivity index (χ0n) is 27.0. The Bertz CT molecular complexity index is 1590. The highest BCUT2D eigenvalue weighted by atomic mass is 32.2. The minimum Gasteiger partial charge on any atom is -0.490 e. The summed E-state index contributed by atoms with van der Waals surface area (Å²) in [6.07, 6.45) is 1.40. The Hall–Kier alpha value is -3.56. The number of nitrogens with zero attached hydrogens (tertiary/aromatic N) is 2. The third-order valence-corrected chi connectivity index (χ3v) is 11.2. The van der Waals surface area contributed by atoms with Crippen molar-refractivity contribution in [2.75, 3.05) is 44.0 Å². The molecular formula is C33H43FN4O7S2. The number of sulfonamides is 1. The molecule has 1 aliphatic rings. The lowest BCUT2D eigenvalue weighted by Crippen LogP contribution is -2.48. The molecule has 0 radical (unpaired) electrons. The van der Waals surface area contributed by atoms with Crippen molar-refractivity contribution in [2.24, 2.45) is 5.92 Å². The molecule has 2 aromatic carbocycles. The molecule has 11 nitrogen and oxygen atoms in total. The summed E-state index contributed by atoms with van der Waals surface area (Å²) in [6.45, 7) is 5.83. The van der Waals surface area contributed by atoms with Gasteiger partial charge >= 0.3 is 6.03 Å². The highest BCUT2D eigenvalue weighted by Crippen LogP contribution is 2.29. The number of nitrogens with one attached hydrogen (secondary N) is 2. The van der Waals surface area contributed by atoms with Crippen LogP contribution in [0.25, 0.3) is 0 Å². The number of amides is 3. The number of likely N-dealkylation sites (N-methyl/N-ethyl adjacent to an activating group) is 1. The number of fused-ring (bicyclic) bond motifs is 1. The first-order valence-electron chi connectivity index (χ1n) is 15.6. The van der Waals surface area contributed by atoms with Gasteiger partial charge in [-0.05, 0) is 87.0 Å². The maximum atomic E-state index is 14.3. The minimum absolute atomic E-state index is 0.0737. The molecule has 0 saturated carbocycles. The van der Waals surface area contributed by atoms with Crippen LogP contribution in [0, 0.1) is 11.7 Å². The average molecular weight is 691 g/mol. The Morgan fingerprint density at radius 2 is 1.83 bits per heavy atom. The van der Waals surface area contributed by atoms with Gasteiger partial charge in [-0.25, -0.2) is 17.6 Å². The van der Waals surface area contributed by atoms with Gasteiger partial charge in [0.15, 0.2) is 0 Å². The Kier molecular flexibility index (Phi) is 12.7. The lowest BCUT2D eigenvalue weighted by atomic mass is 10.0. The monoisotopic (exact) mass is 690 g/mol. The maximum Gasteiger partial charge on any atom is 0.323 e. The predicted octanol–water partition coefficient (Wildman–Crippen LogP) is 5.65. The molecule has 4 rings (SSSR count). The fraction of sp³-hybridized carbons (Fsp3) is 0.455. The molecule has 0 unspecified atom stereocenters. The van der Waals surface area contributed by atoms with E-state index in [1.807, 2.05) is 13.8 Å². The van der Waals surface area contributed by atoms with E-state index in [0.717, 1.165) is 24.2 Å². The van der Waals surface area contributed by atoms with Crippen LogP contribution in [0.5, 0.6) is 5.75 Å². The van der Waals surface area contributed by atoms with Crippen LogP contribution in [0.4, 0.5) is 20.6 Å². The van der Waals surface area contributed by atoms with E-state index < -0.39 is 39.9 Å². The Morgan fingerprint density at radius 1 is 1.13 bits per heavy atom. The number of rotatable bonds is 8. The molecule has 14 heteroatoms. The molecule has 3 aromatic rings. The molecule has 3 N–H and O–H groups in total. The topological polar surface area (TPSA) is 138 Å². The van der Waals surface area contributed by atoms with Crippen molar-refractivity contribution in [1.29, 1.82) is 0 Å². The SMILES string of the molecule is C[C@@H]1CN([C@H](C)CO)C(=O)c2cc(NC(=O)Nc3ccc(F)cc3)ccc2O[C@@H](C)CCCCO[C@@H]1CN(C)S(=O)(=O)c1cccs1. The van der Waals surface area contributed by atoms with Gasteiger partial charge in [-0.3, -0.25) is 4.79 Å². The predicted molar refractivity (Wildman–Crippen MR) is 180 cm³/mol. The molecule has 0 saturated heterocycles. The highest BCUT2D eigenvalue weighted by molar-refractivity contribution is 7.91. The summed E-state index contributed by atoms with van der Waals surface area (Å²) in [5, 5.41) is 17.2. The van der Waals surface area contributed by atoms with Crippen molar-refractivity contribution in [3.8, 4) is 5.75 Å². The zero-order valence-corrected chi connectivity index (χ0v) is 28.7. The first-order chi connectivity index (χ1) is 22.4. The molecule has 4 atom stereocenters. The number of hydrogen-bond acceptors (Lipinski definition) is 8. The van der Waals surface area contributed by atoms with Gasteiger partial charge in [0.05, 0.1) is 30.4 Å². The Morgan fingerprint density at radius 3 is 2.51 bits per heavy atom. The number of ether oxygens (including phenoxy) is 2. The maximum absolute atomic E-state index is 14.3. The minimum atomic E-state index is -3.73. The van der Waals surface area contributed by atoms with Gasteiger partial charge in [-0.1, -0.05) is 13.0 Å². The molecule has 2 heterocycles. The van der Waals surface area contributed by atoms with Crippen LogP contribution in [0.3, 0.4) is 0 Å². The van der Waals surface area contributed by atoms with Crippen molar-refractivity contribution in [3.05, 3.63) is 71.4 Å². The van der Waals surface area contributed by atoms with Crippen molar-refractivity contribution < 1.29 is 37.0 Å². The third-order valence-electron chi connectivity index (χ3n) is 8.01. The van der Waals surface area contributed by atoms with Crippen LogP contribution in [0.2, 0.25) is 0 Å². The largest absolute Gasteiger partial charge is 0.490 e. The summed E-state index contributed by atoms with van der Waals surface area (Å²) in [5.74, 6) is -0.859. The van der Waals surface area contributed by atoms with E-state index in [0.29, 0.717) is 30.2 Å². The molecule has 0 fully saturated rings. The number of carbonyl (C=O) groups is 2. The number of halogens is 1. The molecule has 3 amide bonds. The van der Waals surface area contributed by atoms with E-state index in [4.69, 9.17) is 9.47 Å². The first-order valence-corrected chi connectivity index (χ1v) is 17.9. The first kappa shape index (κ1) is 36.3. The lowest BCUT2D eigenvalue weighted by Gasteiger charge is -2.35. The molecule has 0 bridgehead atoms. The zero-order chi connectivity index (χ0) is 34.1. The van der Waals surface area contributed by atoms with Gasteiger partial charge in [0.25, 0.3) is 15.9 Å². The quantitative estimate of drug-likeness (QED) is 0.278. The number of thiophene rings is 1. The number of hydrogen-bond donors (Lipinski definition) is 3. The summed E-state index contributed by atoms with van der Waals surface area (Å²) in [4.78, 5) is 28.6. The second-order valence-electron chi connectivity index (χ2n) is 11.8. The smallest absolute Gasteiger partial charge is 0.323 e. The standard InChI is InChI=1S/C33H43FN4O7S2/c1-22-19-38(23(2)21-39)32(40)28-18-27(36-33(41)35-26-12-10-25(34)11-13-26)14-15-29(28)45-24(3)8-5-6-16-44-30(22)20-37(4)47(42,43)31-9-7-17-46-31/h7,9-15,17-18,22-24,30,39H,5-6,8,16,19-21H2,1-4H3,(H2,35,36,41)/t22-,23-,24+,30-/m1/s1. The van der Waals surface area contributed by atoms with E-state index in [9.17, 15) is 27.5 Å². The van der Waals surface area contributed by atoms with Crippen LogP contribution in [0.1, 0.15) is 50.4 Å². The van der Waals surface area contributed by atoms with Crippen LogP contribution in [-0.4, -0.2) is 86.3 Å². The fourth-order valence-corrected chi connectivity index (χ4v) is 7.59. The molecule has 0 spiro atoms. The van der Waals surface area contributed by atoms with E-state index >= 15 is 0 Å². The molecule has 0 aliphatic carbocycles. The van der Waals surface area contributed by atoms with E-state index in [1.165, 1.54) is 46.6 Å². The van der Waals surface area contributed by atoms with Gasteiger partial charge in [-0.15, -0.1) is 11.3 Å². The average Bonchev–Trinajstić information content (AvgIpc) is 3.60. The Balaban J connectivity index is 1.62. The van der Waals surface area contributed by atoms with Crippen LogP contribution >= 0.6 is 11.3 Å². The molecule has 47 heavy (non-hydrogen) atoms. The van der Waals surface area contributed by atoms with Gasteiger partial charge in [0, 0.05) is 44.0 Å². The van der Waals surface area contributed by atoms with Gasteiger partial charge in [-0.2, -0.15) is 4.31 Å². The molecular weight excluding hydrogens is 648 g/mol. The summed E-state index contributed by atoms with van der Waals surface area (Å²) >= 11 is 1.14. The van der Waals surface area contributed by atoms with Crippen molar-refractivity contribution in [2.45, 2.75) is 62.5 Å². The second-order valence-corrected chi connectivity index (χ2v) is 15.0. The molecule has 256 valence electrons. The highest BCUT2D eigenvalue weighted by Gasteiger charge is 2.32. The van der Waals surface area contributed by atoms with Gasteiger partial charge < -0.3 is 30.1 Å². The third kappa shape index (κ3) is 9.73. The summed E-state index contributed by atoms with van der Waals surface area (Å²) in [7, 11) is -2.21.